The molecule has 0 unspecified atom stereocenters. The van der Waals surface area contributed by atoms with Gasteiger partial charge >= 0.3 is 0 Å². The van der Waals surface area contributed by atoms with Gasteiger partial charge in [0.15, 0.2) is 12.1 Å². The largest absolute Gasteiger partial charge is 0.359 e. The van der Waals surface area contributed by atoms with E-state index < -0.39 is 17.5 Å². The van der Waals surface area contributed by atoms with Crippen LogP contribution in [0.2, 0.25) is 0 Å². The molecule has 4 heterocycles. The molecule has 14 heteroatoms. The van der Waals surface area contributed by atoms with Crippen LogP contribution in [0.5, 0.6) is 0 Å². The number of para-hydroxylation sites is 1. The monoisotopic (exact) mass is 518 g/mol. The molecule has 0 saturated carbocycles. The summed E-state index contributed by atoms with van der Waals surface area (Å²) in [7, 11) is 0. The number of benzene rings is 1. The molecule has 4 aromatic rings. The summed E-state index contributed by atoms with van der Waals surface area (Å²) in [5.74, 6) is 9.69. The van der Waals surface area contributed by atoms with Gasteiger partial charge in [0.2, 0.25) is 5.96 Å². The number of carbonyl (C=O) groups excluding carboxylic acids is 3. The van der Waals surface area contributed by atoms with Crippen molar-refractivity contribution in [2.45, 2.75) is 0 Å². The van der Waals surface area contributed by atoms with Gasteiger partial charge in [0.25, 0.3) is 11.7 Å². The minimum atomic E-state index is -0.867. The molecule has 13 nitrogen and oxygen atoms in total. The first-order chi connectivity index (χ1) is 18.4. The molecule has 1 aromatic carbocycles. The summed E-state index contributed by atoms with van der Waals surface area (Å²) in [6.07, 6.45) is 2.79. The Balaban J connectivity index is 1.33. The zero-order valence-corrected chi connectivity index (χ0v) is 20.0. The van der Waals surface area contributed by atoms with Crippen molar-refractivity contribution >= 4 is 40.5 Å². The lowest BCUT2D eigenvalue weighted by Gasteiger charge is -2.38. The summed E-state index contributed by atoms with van der Waals surface area (Å²) in [6.45, 7) is 1.05. The lowest BCUT2D eigenvalue weighted by Crippen LogP contribution is -2.57. The molecule has 0 spiro atoms. The maximum Gasteiger partial charge on any atom is 0.295 e. The summed E-state index contributed by atoms with van der Waals surface area (Å²) >= 11 is 0. The number of rotatable bonds is 5. The number of aldehydes is 1. The summed E-state index contributed by atoms with van der Waals surface area (Å²) in [4.78, 5) is 47.4. The average Bonchev–Trinajstić information content (AvgIpc) is 3.62. The number of Topliss-reactive ketones (excluding diaryl/α,β-unsaturated/α-hetero) is 1. The van der Waals surface area contributed by atoms with Crippen LogP contribution in [0.3, 0.4) is 0 Å². The minimum Gasteiger partial charge on any atom is -0.359 e. The zero-order chi connectivity index (χ0) is 26.8. The van der Waals surface area contributed by atoms with E-state index in [-0.39, 0.29) is 46.6 Å². The third-order valence-electron chi connectivity index (χ3n) is 6.28. The van der Waals surface area contributed by atoms with Gasteiger partial charge in [-0.15, -0.1) is 5.10 Å². The normalized spacial score (nSPS) is 14.1. The van der Waals surface area contributed by atoms with Crippen LogP contribution in [0.15, 0.2) is 53.9 Å². The topological polar surface area (TPSA) is 183 Å². The second-order valence-electron chi connectivity index (χ2n) is 8.48. The number of ketones is 1. The van der Waals surface area contributed by atoms with Crippen molar-refractivity contribution in [3.05, 3.63) is 65.9 Å². The number of amides is 1. The molecule has 194 valence electrons. The number of nitrogens with one attached hydrogen (secondary N) is 2. The van der Waals surface area contributed by atoms with Crippen LogP contribution in [0.4, 0.5) is 10.1 Å². The summed E-state index contributed by atoms with van der Waals surface area (Å²) in [5, 5.41) is 11.6. The number of aromatic amines is 2. The number of hydrogen-bond donors (Lipinski definition) is 4. The summed E-state index contributed by atoms with van der Waals surface area (Å²) < 4.78 is 14.8. The van der Waals surface area contributed by atoms with E-state index in [9.17, 15) is 18.8 Å². The summed E-state index contributed by atoms with van der Waals surface area (Å²) in [5.41, 5.74) is 1.45. The molecule has 1 amide bonds. The molecule has 0 atom stereocenters. The van der Waals surface area contributed by atoms with E-state index in [1.165, 1.54) is 22.2 Å². The van der Waals surface area contributed by atoms with Gasteiger partial charge in [-0.2, -0.15) is 5.10 Å². The number of hydrazine groups is 1. The number of hydrazone groups is 1. The number of aromatic nitrogens is 4. The van der Waals surface area contributed by atoms with Gasteiger partial charge in [0.05, 0.1) is 34.0 Å². The van der Waals surface area contributed by atoms with E-state index in [1.54, 1.807) is 12.1 Å². The fraction of sp³-hybridized carbons (Fsp3) is 0.167. The second kappa shape index (κ2) is 10.1. The molecule has 5 rings (SSSR count). The molecule has 38 heavy (non-hydrogen) atoms. The molecule has 3 aromatic heterocycles. The second-order valence-corrected chi connectivity index (χ2v) is 8.48. The predicted molar refractivity (Wildman–Crippen MR) is 136 cm³/mol. The molecule has 0 aliphatic carbocycles. The van der Waals surface area contributed by atoms with Crippen molar-refractivity contribution in [3.8, 4) is 11.4 Å². The maximum atomic E-state index is 14.8. The minimum absolute atomic E-state index is 0.0816. The Morgan fingerprint density at radius 1 is 1.13 bits per heavy atom. The van der Waals surface area contributed by atoms with Crippen LogP contribution in [0, 0.1) is 5.82 Å². The van der Waals surface area contributed by atoms with Crippen LogP contribution in [0.1, 0.15) is 20.8 Å². The standard InChI is InChI=1S/C24H23FN10O3/c25-17-12-29-20(18-10-14(13-36)31-32-18)21-19(17)16(11-28-21)22(37)23(38)33-6-8-34(9-7-33)24(30-26)35(27)15-4-2-1-3-5-15/h1-5,10-13,28H,6-9,26-27H2,(H,31,32)/b30-24-. The zero-order valence-electron chi connectivity index (χ0n) is 20.0. The van der Waals surface area contributed by atoms with Gasteiger partial charge in [0.1, 0.15) is 11.4 Å². The van der Waals surface area contributed by atoms with E-state index in [0.29, 0.717) is 31.0 Å². The molecule has 1 fully saturated rings. The Labute approximate surface area is 214 Å². The van der Waals surface area contributed by atoms with Gasteiger partial charge in [-0.05, 0) is 18.2 Å². The van der Waals surface area contributed by atoms with Gasteiger partial charge < -0.3 is 20.6 Å². The van der Waals surface area contributed by atoms with Crippen molar-refractivity contribution in [1.29, 1.82) is 0 Å². The Kier molecular flexibility index (Phi) is 6.53. The first-order valence-electron chi connectivity index (χ1n) is 11.6. The van der Waals surface area contributed by atoms with Gasteiger partial charge in [-0.1, -0.05) is 18.2 Å². The lowest BCUT2D eigenvalue weighted by molar-refractivity contribution is -0.127. The van der Waals surface area contributed by atoms with E-state index in [2.05, 4.69) is 25.3 Å². The smallest absolute Gasteiger partial charge is 0.295 e. The van der Waals surface area contributed by atoms with Gasteiger partial charge in [-0.25, -0.2) is 20.2 Å². The highest BCUT2D eigenvalue weighted by Gasteiger charge is 2.31. The molecular formula is C24H23FN10O3. The van der Waals surface area contributed by atoms with Gasteiger partial charge in [0, 0.05) is 32.4 Å². The number of fused-ring (bicyclic) bond motifs is 1. The highest BCUT2D eigenvalue weighted by molar-refractivity contribution is 6.45. The van der Waals surface area contributed by atoms with Gasteiger partial charge in [-0.3, -0.25) is 19.5 Å². The molecule has 6 N–H and O–H groups in total. The van der Waals surface area contributed by atoms with Crippen molar-refractivity contribution in [2.75, 3.05) is 31.2 Å². The number of pyridine rings is 1. The van der Waals surface area contributed by atoms with E-state index in [0.717, 1.165) is 6.20 Å². The predicted octanol–water partition coefficient (Wildman–Crippen LogP) is 0.841. The number of nitrogens with zero attached hydrogens (tertiary/aromatic N) is 6. The fourth-order valence-electron chi connectivity index (χ4n) is 4.37. The Bertz CT molecular complexity index is 1540. The maximum absolute atomic E-state index is 14.8. The van der Waals surface area contributed by atoms with Crippen molar-refractivity contribution in [1.82, 2.24) is 30.0 Å². The number of halogens is 1. The Hall–Kier alpha value is -5.11. The first kappa shape index (κ1) is 24.6. The summed E-state index contributed by atoms with van der Waals surface area (Å²) in [6, 6.07) is 10.6. The number of carbonyl (C=O) groups is 3. The van der Waals surface area contributed by atoms with Crippen LogP contribution in [-0.4, -0.2) is 80.1 Å². The fourth-order valence-corrected chi connectivity index (χ4v) is 4.37. The van der Waals surface area contributed by atoms with E-state index in [1.807, 2.05) is 23.1 Å². The lowest BCUT2D eigenvalue weighted by atomic mass is 10.1. The van der Waals surface area contributed by atoms with Crippen LogP contribution >= 0.6 is 0 Å². The number of hydrogen-bond acceptors (Lipinski definition) is 8. The highest BCUT2D eigenvalue weighted by atomic mass is 19.1. The molecule has 1 saturated heterocycles. The number of nitrogens with two attached hydrogens (primary N) is 2. The quantitative estimate of drug-likeness (QED) is 0.0566. The van der Waals surface area contributed by atoms with Crippen LogP contribution < -0.4 is 16.7 Å². The third kappa shape index (κ3) is 4.32. The molecular weight excluding hydrogens is 495 g/mol. The van der Waals surface area contributed by atoms with Crippen molar-refractivity contribution in [2.24, 2.45) is 16.8 Å². The van der Waals surface area contributed by atoms with Crippen LogP contribution in [-0.2, 0) is 4.79 Å². The SMILES string of the molecule is N/N=C(/N1CCN(C(=O)C(=O)c2c[nH]c3c(-c4cc(C=O)[nH]n4)ncc(F)c23)CC1)N(N)c1ccccc1. The van der Waals surface area contributed by atoms with Crippen LogP contribution in [0.25, 0.3) is 22.3 Å². The Morgan fingerprint density at radius 3 is 2.50 bits per heavy atom. The number of guanidine groups is 1. The first-order valence-corrected chi connectivity index (χ1v) is 11.6. The number of H-pyrrole nitrogens is 2. The highest BCUT2D eigenvalue weighted by Crippen LogP contribution is 2.29. The molecule has 0 bridgehead atoms. The molecule has 1 aliphatic rings. The Morgan fingerprint density at radius 2 is 1.84 bits per heavy atom. The number of anilines is 1. The molecule has 1 aliphatic heterocycles. The molecule has 0 radical (unpaired) electrons. The van der Waals surface area contributed by atoms with Crippen molar-refractivity contribution < 1.29 is 18.8 Å². The third-order valence-corrected chi connectivity index (χ3v) is 6.28. The average molecular weight is 519 g/mol. The van der Waals surface area contributed by atoms with E-state index in [4.69, 9.17) is 11.7 Å². The number of piperazine rings is 1. The van der Waals surface area contributed by atoms with Crippen molar-refractivity contribution in [3.63, 3.8) is 0 Å². The van der Waals surface area contributed by atoms with E-state index >= 15 is 0 Å².